The van der Waals surface area contributed by atoms with Gasteiger partial charge < -0.3 is 29.4 Å². The van der Waals surface area contributed by atoms with Gasteiger partial charge in [0.05, 0.1) is 6.04 Å². The summed E-state index contributed by atoms with van der Waals surface area (Å²) in [6.07, 6.45) is 2.85. The van der Waals surface area contributed by atoms with Crippen molar-refractivity contribution in [2.24, 2.45) is 5.73 Å². The first-order chi connectivity index (χ1) is 13.8. The van der Waals surface area contributed by atoms with Gasteiger partial charge in [0.25, 0.3) is 0 Å². The minimum absolute atomic E-state index is 0.186. The average Bonchev–Trinajstić information content (AvgIpc) is 2.63. The summed E-state index contributed by atoms with van der Waals surface area (Å²) >= 11 is 0. The lowest BCUT2D eigenvalue weighted by Gasteiger charge is -2.43. The summed E-state index contributed by atoms with van der Waals surface area (Å²) in [4.78, 5) is 34.3. The Balaban J connectivity index is 2.77. The lowest BCUT2D eigenvalue weighted by atomic mass is 9.97. The Hall–Kier alpha value is -1.71. The van der Waals surface area contributed by atoms with Gasteiger partial charge in [0.1, 0.15) is 12.7 Å². The smallest absolute Gasteiger partial charge is 0.303 e. The van der Waals surface area contributed by atoms with Crippen LogP contribution in [0.4, 0.5) is 0 Å². The van der Waals surface area contributed by atoms with E-state index in [1.54, 1.807) is 0 Å². The summed E-state index contributed by atoms with van der Waals surface area (Å²) in [6, 6.07) is -0.864. The highest BCUT2D eigenvalue weighted by Crippen LogP contribution is 2.26. The van der Waals surface area contributed by atoms with Crippen LogP contribution in [0.25, 0.3) is 0 Å². The predicted octanol–water partition coefficient (Wildman–Crippen LogP) is 1.84. The summed E-state index contributed by atoms with van der Waals surface area (Å²) in [5.41, 5.74) is 6.21. The van der Waals surface area contributed by atoms with E-state index in [0.29, 0.717) is 6.61 Å². The van der Waals surface area contributed by atoms with Crippen LogP contribution in [0.2, 0.25) is 0 Å². The number of ether oxygens (including phenoxy) is 5. The summed E-state index contributed by atoms with van der Waals surface area (Å²) in [6.45, 7) is 6.12. The SMILES string of the molecule is CCCCCCCCOC1OC(COC(C)=O)C(OC(C)=O)C(OC(C)=O)C1N. The van der Waals surface area contributed by atoms with Crippen LogP contribution in [0.15, 0.2) is 0 Å². The van der Waals surface area contributed by atoms with Crippen molar-refractivity contribution < 1.29 is 38.1 Å². The molecular formula is C20H35NO8. The Bertz CT molecular complexity index is 527. The van der Waals surface area contributed by atoms with Gasteiger partial charge in [0.15, 0.2) is 18.5 Å². The first-order valence-corrected chi connectivity index (χ1v) is 10.3. The fourth-order valence-electron chi connectivity index (χ4n) is 3.16. The molecule has 5 atom stereocenters. The van der Waals surface area contributed by atoms with E-state index in [1.165, 1.54) is 40.0 Å². The van der Waals surface area contributed by atoms with E-state index in [0.717, 1.165) is 19.3 Å². The van der Waals surface area contributed by atoms with Gasteiger partial charge in [0.2, 0.25) is 0 Å². The zero-order chi connectivity index (χ0) is 21.8. The van der Waals surface area contributed by atoms with Crippen molar-refractivity contribution >= 4 is 17.9 Å². The van der Waals surface area contributed by atoms with Crippen molar-refractivity contribution in [3.05, 3.63) is 0 Å². The Labute approximate surface area is 172 Å². The third-order valence-electron chi connectivity index (χ3n) is 4.53. The van der Waals surface area contributed by atoms with Gasteiger partial charge in [-0.05, 0) is 6.42 Å². The summed E-state index contributed by atoms with van der Waals surface area (Å²) in [5, 5.41) is 0. The van der Waals surface area contributed by atoms with Gasteiger partial charge in [-0.15, -0.1) is 0 Å². The van der Waals surface area contributed by atoms with Gasteiger partial charge in [-0.3, -0.25) is 14.4 Å². The standard InChI is InChI=1S/C20H35NO8/c1-5-6-7-8-9-10-11-25-20-17(21)19(28-15(4)24)18(27-14(3)23)16(29-20)12-26-13(2)22/h16-20H,5-12,21H2,1-4H3. The van der Waals surface area contributed by atoms with Crippen molar-refractivity contribution in [3.8, 4) is 0 Å². The van der Waals surface area contributed by atoms with Gasteiger partial charge in [-0.2, -0.15) is 0 Å². The van der Waals surface area contributed by atoms with Crippen LogP contribution < -0.4 is 5.73 Å². The second-order valence-corrected chi connectivity index (χ2v) is 7.21. The minimum atomic E-state index is -1.01. The molecule has 1 saturated heterocycles. The average molecular weight is 417 g/mol. The molecule has 1 rings (SSSR count). The molecule has 1 aliphatic rings. The number of carbonyl (C=O) groups excluding carboxylic acids is 3. The van der Waals surface area contributed by atoms with Crippen LogP contribution in [0, 0.1) is 0 Å². The lowest BCUT2D eigenvalue weighted by Crippen LogP contribution is -2.64. The zero-order valence-corrected chi connectivity index (χ0v) is 17.9. The van der Waals surface area contributed by atoms with Crippen LogP contribution in [-0.2, 0) is 38.1 Å². The van der Waals surface area contributed by atoms with E-state index in [4.69, 9.17) is 29.4 Å². The Morgan fingerprint density at radius 1 is 0.862 bits per heavy atom. The van der Waals surface area contributed by atoms with Crippen LogP contribution in [-0.4, -0.2) is 61.8 Å². The second-order valence-electron chi connectivity index (χ2n) is 7.21. The second kappa shape index (κ2) is 13.5. The summed E-state index contributed by atoms with van der Waals surface area (Å²) < 4.78 is 27.2. The molecule has 0 aromatic heterocycles. The maximum atomic E-state index is 11.6. The monoisotopic (exact) mass is 417 g/mol. The fourth-order valence-corrected chi connectivity index (χ4v) is 3.16. The third kappa shape index (κ3) is 9.56. The number of rotatable bonds is 12. The van der Waals surface area contributed by atoms with Gasteiger partial charge in [-0.25, -0.2) is 0 Å². The van der Waals surface area contributed by atoms with Crippen molar-refractivity contribution in [3.63, 3.8) is 0 Å². The Morgan fingerprint density at radius 3 is 2.03 bits per heavy atom. The molecule has 2 N–H and O–H groups in total. The maximum absolute atomic E-state index is 11.6. The quantitative estimate of drug-likeness (QED) is 0.288. The first-order valence-electron chi connectivity index (χ1n) is 10.3. The molecule has 0 bridgehead atoms. The first kappa shape index (κ1) is 25.3. The molecule has 1 heterocycles. The highest BCUT2D eigenvalue weighted by Gasteiger charge is 2.49. The van der Waals surface area contributed by atoms with Crippen molar-refractivity contribution in [2.75, 3.05) is 13.2 Å². The normalized spacial score (nSPS) is 26.6. The van der Waals surface area contributed by atoms with Gasteiger partial charge in [-0.1, -0.05) is 39.0 Å². The van der Waals surface area contributed by atoms with Crippen LogP contribution in [0.5, 0.6) is 0 Å². The maximum Gasteiger partial charge on any atom is 0.303 e. The molecule has 5 unspecified atom stereocenters. The van der Waals surface area contributed by atoms with Gasteiger partial charge >= 0.3 is 17.9 Å². The van der Waals surface area contributed by atoms with E-state index >= 15 is 0 Å². The molecule has 0 aromatic rings. The molecule has 1 aliphatic heterocycles. The highest BCUT2D eigenvalue weighted by molar-refractivity contribution is 5.67. The number of unbranched alkanes of at least 4 members (excludes halogenated alkanes) is 5. The number of carbonyl (C=O) groups is 3. The van der Waals surface area contributed by atoms with Crippen LogP contribution >= 0.6 is 0 Å². The third-order valence-corrected chi connectivity index (χ3v) is 4.53. The Kier molecular flexibility index (Phi) is 11.8. The molecular weight excluding hydrogens is 382 g/mol. The molecule has 0 aliphatic carbocycles. The van der Waals surface area contributed by atoms with Crippen molar-refractivity contribution in [1.29, 1.82) is 0 Å². The van der Waals surface area contributed by atoms with Crippen molar-refractivity contribution in [2.45, 2.75) is 96.9 Å². The van der Waals surface area contributed by atoms with Crippen LogP contribution in [0.3, 0.4) is 0 Å². The molecule has 1 fully saturated rings. The van der Waals surface area contributed by atoms with E-state index in [-0.39, 0.29) is 6.61 Å². The molecule has 9 nitrogen and oxygen atoms in total. The fraction of sp³-hybridized carbons (Fsp3) is 0.850. The lowest BCUT2D eigenvalue weighted by molar-refractivity contribution is -0.274. The van der Waals surface area contributed by atoms with Gasteiger partial charge in [0, 0.05) is 27.4 Å². The summed E-state index contributed by atoms with van der Waals surface area (Å²) in [7, 11) is 0. The van der Waals surface area contributed by atoms with E-state index in [1.807, 2.05) is 0 Å². The molecule has 0 radical (unpaired) electrons. The molecule has 9 heteroatoms. The number of esters is 3. The molecule has 0 spiro atoms. The number of hydrogen-bond acceptors (Lipinski definition) is 9. The van der Waals surface area contributed by atoms with E-state index in [9.17, 15) is 14.4 Å². The van der Waals surface area contributed by atoms with E-state index < -0.39 is 48.6 Å². The Morgan fingerprint density at radius 2 is 1.45 bits per heavy atom. The zero-order valence-electron chi connectivity index (χ0n) is 17.9. The molecule has 168 valence electrons. The molecule has 0 aromatic carbocycles. The molecule has 0 amide bonds. The minimum Gasteiger partial charge on any atom is -0.463 e. The number of nitrogens with two attached hydrogens (primary N) is 1. The number of hydrogen-bond donors (Lipinski definition) is 1. The van der Waals surface area contributed by atoms with Crippen molar-refractivity contribution in [1.82, 2.24) is 0 Å². The highest BCUT2D eigenvalue weighted by atomic mass is 16.7. The molecule has 0 saturated carbocycles. The predicted molar refractivity (Wildman–Crippen MR) is 104 cm³/mol. The topological polar surface area (TPSA) is 123 Å². The molecule has 29 heavy (non-hydrogen) atoms. The van der Waals surface area contributed by atoms with E-state index in [2.05, 4.69) is 6.92 Å². The summed E-state index contributed by atoms with van der Waals surface area (Å²) in [5.74, 6) is -1.69. The largest absolute Gasteiger partial charge is 0.463 e. The van der Waals surface area contributed by atoms with Crippen LogP contribution in [0.1, 0.15) is 66.2 Å².